The normalized spacial score (nSPS) is 9.60. The minimum atomic E-state index is -1.18. The second-order valence-corrected chi connectivity index (χ2v) is 5.52. The third kappa shape index (κ3) is 4.83. The van der Waals surface area contributed by atoms with Crippen LogP contribution in [0.3, 0.4) is 0 Å². The zero-order valence-corrected chi connectivity index (χ0v) is 13.6. The van der Waals surface area contributed by atoms with Gasteiger partial charge in [0.1, 0.15) is 15.7 Å². The molecule has 0 spiro atoms. The van der Waals surface area contributed by atoms with E-state index in [1.807, 2.05) is 24.3 Å². The summed E-state index contributed by atoms with van der Waals surface area (Å²) in [5.74, 6) is -1.18. The Hall–Kier alpha value is -1.01. The highest BCUT2D eigenvalue weighted by Crippen LogP contribution is 2.28. The van der Waals surface area contributed by atoms with Crippen molar-refractivity contribution in [3.63, 3.8) is 0 Å². The maximum absolute atomic E-state index is 10.5. The first kappa shape index (κ1) is 17.0. The molecule has 1 aromatic carbocycles. The Morgan fingerprint density at radius 3 is 2.40 bits per heavy atom. The molecule has 8 heteroatoms. The van der Waals surface area contributed by atoms with Gasteiger partial charge in [-0.15, -0.1) is 0 Å². The third-order valence-corrected chi connectivity index (χ3v) is 3.53. The van der Waals surface area contributed by atoms with Gasteiger partial charge >= 0.3 is 5.97 Å². The van der Waals surface area contributed by atoms with Crippen molar-refractivity contribution >= 4 is 62.4 Å². The summed E-state index contributed by atoms with van der Waals surface area (Å²) in [4.78, 5) is 14.0. The lowest BCUT2D eigenvalue weighted by atomic mass is 10.2. The molecule has 0 radical (unpaired) electrons. The Morgan fingerprint density at radius 1 is 1.30 bits per heavy atom. The fraction of sp³-hybridized carbons (Fsp3) is 0. The van der Waals surface area contributed by atoms with Gasteiger partial charge in [0.15, 0.2) is 0 Å². The summed E-state index contributed by atoms with van der Waals surface area (Å²) in [6, 6.07) is 7.52. The van der Waals surface area contributed by atoms with Crippen LogP contribution >= 0.6 is 50.7 Å². The van der Waals surface area contributed by atoms with Crippen LogP contribution in [0.25, 0.3) is 0 Å². The van der Waals surface area contributed by atoms with Gasteiger partial charge in [0.05, 0.1) is 5.69 Å². The summed E-state index contributed by atoms with van der Waals surface area (Å²) in [5, 5.41) is 9.29. The van der Waals surface area contributed by atoms with Gasteiger partial charge in [-0.3, -0.25) is 0 Å². The molecule has 0 saturated carbocycles. The number of benzene rings is 1. The molecule has 0 atom stereocenters. The molecule has 0 amide bonds. The van der Waals surface area contributed by atoms with Crippen LogP contribution in [0, 0.1) is 0 Å². The van der Waals surface area contributed by atoms with Crippen molar-refractivity contribution in [3.05, 3.63) is 55.7 Å². The smallest absolute Gasteiger partial charge is 0.339 e. The molecular formula is C12H8BrCl3N2O2. The topological polar surface area (TPSA) is 76.2 Å². The number of nitrogens with two attached hydrogens (primary N) is 1. The van der Waals surface area contributed by atoms with Gasteiger partial charge in [-0.05, 0) is 18.2 Å². The van der Waals surface area contributed by atoms with Crippen molar-refractivity contribution in [1.29, 1.82) is 0 Å². The molecule has 1 heterocycles. The van der Waals surface area contributed by atoms with E-state index in [-0.39, 0.29) is 21.4 Å². The second-order valence-electron chi connectivity index (χ2n) is 3.44. The number of carbonyl (C=O) groups is 1. The zero-order chi connectivity index (χ0) is 15.3. The van der Waals surface area contributed by atoms with Gasteiger partial charge in [0, 0.05) is 15.7 Å². The number of anilines is 1. The van der Waals surface area contributed by atoms with E-state index >= 15 is 0 Å². The maximum Gasteiger partial charge on any atom is 0.339 e. The van der Waals surface area contributed by atoms with Crippen molar-refractivity contribution in [1.82, 2.24) is 4.98 Å². The molecule has 0 fully saturated rings. The second kappa shape index (κ2) is 7.69. The van der Waals surface area contributed by atoms with E-state index in [4.69, 9.17) is 45.6 Å². The standard InChI is InChI=1S/C6H4BrCl.C6H4Cl2N2O2/c7-5-2-1-3-6(8)4-5;7-3-4(9)2(6(11)12)1-10-5(3)8/h1-4H;1H,(H2,9,10)(H,11,12). The first-order valence-corrected chi connectivity index (χ1v) is 6.99. The van der Waals surface area contributed by atoms with Crippen LogP contribution in [0.1, 0.15) is 10.4 Å². The molecule has 1 aromatic heterocycles. The van der Waals surface area contributed by atoms with Gasteiger partial charge in [-0.2, -0.15) is 0 Å². The molecule has 2 aromatic rings. The van der Waals surface area contributed by atoms with Gasteiger partial charge in [0.2, 0.25) is 0 Å². The lowest BCUT2D eigenvalue weighted by Gasteiger charge is -2.02. The van der Waals surface area contributed by atoms with Crippen LogP contribution in [-0.4, -0.2) is 16.1 Å². The van der Waals surface area contributed by atoms with Crippen molar-refractivity contribution in [2.75, 3.05) is 5.73 Å². The molecular weight excluding hydrogens is 390 g/mol. The van der Waals surface area contributed by atoms with E-state index < -0.39 is 5.97 Å². The highest BCUT2D eigenvalue weighted by molar-refractivity contribution is 9.10. The Bertz CT molecular complexity index is 621. The Morgan fingerprint density at radius 2 is 1.95 bits per heavy atom. The number of pyridine rings is 1. The van der Waals surface area contributed by atoms with Crippen LogP contribution in [-0.2, 0) is 0 Å². The fourth-order valence-electron chi connectivity index (χ4n) is 1.11. The summed E-state index contributed by atoms with van der Waals surface area (Å²) < 4.78 is 1.02. The van der Waals surface area contributed by atoms with Crippen LogP contribution in [0.15, 0.2) is 34.9 Å². The number of nitrogen functional groups attached to an aromatic ring is 1. The number of rotatable bonds is 1. The van der Waals surface area contributed by atoms with Crippen LogP contribution in [0.5, 0.6) is 0 Å². The van der Waals surface area contributed by atoms with E-state index in [1.165, 1.54) is 0 Å². The van der Waals surface area contributed by atoms with Gasteiger partial charge in [-0.25, -0.2) is 9.78 Å². The highest BCUT2D eigenvalue weighted by atomic mass is 79.9. The Labute approximate surface area is 138 Å². The first-order chi connectivity index (χ1) is 9.32. The first-order valence-electron chi connectivity index (χ1n) is 5.06. The Balaban J connectivity index is 0.000000217. The molecule has 4 nitrogen and oxygen atoms in total. The lowest BCUT2D eigenvalue weighted by Crippen LogP contribution is -2.04. The molecule has 0 aliphatic carbocycles. The van der Waals surface area contributed by atoms with E-state index in [0.29, 0.717) is 0 Å². The number of hydrogen-bond donors (Lipinski definition) is 2. The summed E-state index contributed by atoms with van der Waals surface area (Å²) in [5.41, 5.74) is 5.13. The van der Waals surface area contributed by atoms with E-state index in [1.54, 1.807) is 0 Å². The summed E-state index contributed by atoms with van der Waals surface area (Å²) in [7, 11) is 0. The third-order valence-electron chi connectivity index (χ3n) is 2.03. The molecule has 20 heavy (non-hydrogen) atoms. The number of halogens is 4. The average Bonchev–Trinajstić information content (AvgIpc) is 2.36. The van der Waals surface area contributed by atoms with Gasteiger partial charge in [0.25, 0.3) is 0 Å². The van der Waals surface area contributed by atoms with E-state index in [2.05, 4.69) is 20.9 Å². The minimum absolute atomic E-state index is 0.000772. The van der Waals surface area contributed by atoms with Crippen molar-refractivity contribution in [3.8, 4) is 0 Å². The number of carboxylic acid groups (broad SMARTS) is 1. The fourth-order valence-corrected chi connectivity index (χ4v) is 2.13. The number of carboxylic acids is 1. The summed E-state index contributed by atoms with van der Waals surface area (Å²) in [6.45, 7) is 0. The molecule has 0 unspecified atom stereocenters. The lowest BCUT2D eigenvalue weighted by molar-refractivity contribution is 0.0697. The van der Waals surface area contributed by atoms with Crippen LogP contribution < -0.4 is 5.73 Å². The van der Waals surface area contributed by atoms with Crippen molar-refractivity contribution in [2.24, 2.45) is 0 Å². The molecule has 0 bridgehead atoms. The number of aromatic carboxylic acids is 1. The average molecular weight is 398 g/mol. The van der Waals surface area contributed by atoms with E-state index in [9.17, 15) is 4.79 Å². The summed E-state index contributed by atoms with van der Waals surface area (Å²) in [6.07, 6.45) is 1.06. The molecule has 0 saturated heterocycles. The number of hydrogen-bond acceptors (Lipinski definition) is 3. The number of aromatic nitrogens is 1. The molecule has 0 aliphatic rings. The maximum atomic E-state index is 10.5. The minimum Gasteiger partial charge on any atom is -0.478 e. The van der Waals surface area contributed by atoms with Crippen LogP contribution in [0.2, 0.25) is 15.2 Å². The predicted octanol–water partition coefficient (Wildman–Crippen LogP) is 4.77. The van der Waals surface area contributed by atoms with Crippen LogP contribution in [0.4, 0.5) is 5.69 Å². The highest BCUT2D eigenvalue weighted by Gasteiger charge is 2.13. The molecule has 0 aliphatic heterocycles. The molecule has 3 N–H and O–H groups in total. The Kier molecular flexibility index (Phi) is 6.55. The monoisotopic (exact) mass is 396 g/mol. The van der Waals surface area contributed by atoms with Gasteiger partial charge < -0.3 is 10.8 Å². The number of nitrogens with zero attached hydrogens (tertiary/aromatic N) is 1. The quantitative estimate of drug-likeness (QED) is 0.679. The van der Waals surface area contributed by atoms with E-state index in [0.717, 1.165) is 15.7 Å². The predicted molar refractivity (Wildman–Crippen MR) is 84.8 cm³/mol. The molecule has 106 valence electrons. The van der Waals surface area contributed by atoms with Crippen molar-refractivity contribution < 1.29 is 9.90 Å². The molecule has 2 rings (SSSR count). The largest absolute Gasteiger partial charge is 0.478 e. The van der Waals surface area contributed by atoms with Crippen molar-refractivity contribution in [2.45, 2.75) is 0 Å². The van der Waals surface area contributed by atoms with Gasteiger partial charge in [-0.1, -0.05) is 56.8 Å². The summed E-state index contributed by atoms with van der Waals surface area (Å²) >= 11 is 19.9. The SMILES string of the molecule is Clc1cccc(Br)c1.Nc1c(C(=O)O)cnc(Cl)c1Cl. The zero-order valence-electron chi connectivity index (χ0n) is 9.78.